The fourth-order valence-corrected chi connectivity index (χ4v) is 4.34. The van der Waals surface area contributed by atoms with Gasteiger partial charge in [-0.05, 0) is 46.0 Å². The van der Waals surface area contributed by atoms with Gasteiger partial charge in [0.25, 0.3) is 0 Å². The average molecular weight is 623 g/mol. The summed E-state index contributed by atoms with van der Waals surface area (Å²) in [7, 11) is 0. The van der Waals surface area contributed by atoms with E-state index in [1.807, 2.05) is 11.0 Å². The maximum absolute atomic E-state index is 12.5. The number of hydrogen-bond acceptors (Lipinski definition) is 10. The zero-order chi connectivity index (χ0) is 32.0. The van der Waals surface area contributed by atoms with Gasteiger partial charge >= 0.3 is 12.1 Å². The molecule has 248 valence electrons. The number of amides is 2. The Kier molecular flexibility index (Phi) is 18.2. The van der Waals surface area contributed by atoms with E-state index in [1.54, 1.807) is 45.0 Å². The van der Waals surface area contributed by atoms with E-state index >= 15 is 0 Å². The summed E-state index contributed by atoms with van der Waals surface area (Å²) in [6.45, 7) is 10.1. The maximum Gasteiger partial charge on any atom is 0.407 e. The number of Topliss-reactive ketones (excluding diaryl/α,β-unsaturated/α-hetero) is 1. The lowest BCUT2D eigenvalue weighted by Gasteiger charge is -2.32. The van der Waals surface area contributed by atoms with Crippen LogP contribution in [0.5, 0.6) is 0 Å². The second-order valence-corrected chi connectivity index (χ2v) is 11.4. The first-order valence-electron chi connectivity index (χ1n) is 15.4. The Morgan fingerprint density at radius 2 is 1.36 bits per heavy atom. The van der Waals surface area contributed by atoms with Crippen molar-refractivity contribution in [3.63, 3.8) is 0 Å². The number of likely N-dealkylation sites (tertiary alicyclic amines) is 1. The molecule has 1 aliphatic rings. The van der Waals surface area contributed by atoms with Crippen LogP contribution < -0.4 is 5.32 Å². The van der Waals surface area contributed by atoms with Crippen molar-refractivity contribution in [2.75, 3.05) is 79.1 Å². The molecule has 1 N–H and O–H groups in total. The number of carbonyl (C=O) groups is 4. The Morgan fingerprint density at radius 1 is 0.795 bits per heavy atom. The normalized spacial score (nSPS) is 13.8. The quantitative estimate of drug-likeness (QED) is 0.123. The molecule has 1 aliphatic heterocycles. The molecule has 0 aliphatic carbocycles. The predicted molar refractivity (Wildman–Crippen MR) is 162 cm³/mol. The van der Waals surface area contributed by atoms with Gasteiger partial charge in [0.1, 0.15) is 5.60 Å². The summed E-state index contributed by atoms with van der Waals surface area (Å²) in [5.41, 5.74) is 0.00377. The minimum atomic E-state index is -0.525. The number of nitrogens with one attached hydrogen (secondary N) is 1. The minimum Gasteiger partial charge on any atom is -0.457 e. The van der Waals surface area contributed by atoms with Crippen LogP contribution in [0.15, 0.2) is 30.3 Å². The SMILES string of the molecule is CC(C)(C)OC(=O)NCCOCCOCCOCCOCCC(=O)N1CCC(CCC(=O)OCC(=O)c2ccccc2)CC1. The molecule has 2 amide bonds. The molecule has 1 aromatic carbocycles. The van der Waals surface area contributed by atoms with E-state index in [1.165, 1.54) is 0 Å². The number of hydrogen-bond donors (Lipinski definition) is 1. The van der Waals surface area contributed by atoms with E-state index in [-0.39, 0.29) is 30.7 Å². The molecule has 0 unspecified atom stereocenters. The third-order valence-corrected chi connectivity index (χ3v) is 6.67. The fraction of sp³-hybridized carbons (Fsp3) is 0.688. The Hall–Kier alpha value is -3.06. The first kappa shape index (κ1) is 37.1. The number of carbonyl (C=O) groups excluding carboxylic acids is 4. The molecule has 12 heteroatoms. The first-order chi connectivity index (χ1) is 21.1. The number of rotatable bonds is 21. The molecular formula is C32H50N2O10. The van der Waals surface area contributed by atoms with E-state index in [9.17, 15) is 19.2 Å². The number of benzene rings is 1. The lowest BCUT2D eigenvalue weighted by molar-refractivity contribution is -0.143. The van der Waals surface area contributed by atoms with E-state index in [0.717, 1.165) is 12.8 Å². The van der Waals surface area contributed by atoms with E-state index in [0.29, 0.717) is 96.8 Å². The van der Waals surface area contributed by atoms with Crippen LogP contribution in [0.25, 0.3) is 0 Å². The van der Waals surface area contributed by atoms with Crippen molar-refractivity contribution < 1.29 is 47.6 Å². The number of alkyl carbamates (subject to hydrolysis) is 1. The van der Waals surface area contributed by atoms with Crippen molar-refractivity contribution in [1.29, 1.82) is 0 Å². The maximum atomic E-state index is 12.5. The number of ketones is 1. The molecule has 0 aromatic heterocycles. The molecule has 0 saturated carbocycles. The van der Waals surface area contributed by atoms with Crippen LogP contribution in [0.2, 0.25) is 0 Å². The second kappa shape index (κ2) is 21.6. The second-order valence-electron chi connectivity index (χ2n) is 11.4. The molecule has 0 atom stereocenters. The van der Waals surface area contributed by atoms with Gasteiger partial charge < -0.3 is 38.6 Å². The summed E-state index contributed by atoms with van der Waals surface area (Å²) in [5, 5.41) is 2.62. The Bertz CT molecular complexity index is 975. The summed E-state index contributed by atoms with van der Waals surface area (Å²) in [6.07, 6.45) is 2.51. The Balaban J connectivity index is 1.35. The summed E-state index contributed by atoms with van der Waals surface area (Å²) in [6, 6.07) is 8.77. The van der Waals surface area contributed by atoms with Gasteiger partial charge in [0.05, 0.1) is 59.3 Å². The van der Waals surface area contributed by atoms with Gasteiger partial charge in [-0.1, -0.05) is 30.3 Å². The van der Waals surface area contributed by atoms with Gasteiger partial charge in [-0.15, -0.1) is 0 Å². The largest absolute Gasteiger partial charge is 0.457 e. The molecule has 2 rings (SSSR count). The Labute approximate surface area is 261 Å². The van der Waals surface area contributed by atoms with Crippen molar-refractivity contribution in [2.24, 2.45) is 5.92 Å². The van der Waals surface area contributed by atoms with Crippen molar-refractivity contribution in [1.82, 2.24) is 10.2 Å². The highest BCUT2D eigenvalue weighted by Gasteiger charge is 2.23. The number of ether oxygens (including phenoxy) is 6. The Morgan fingerprint density at radius 3 is 1.95 bits per heavy atom. The fourth-order valence-electron chi connectivity index (χ4n) is 4.34. The van der Waals surface area contributed by atoms with E-state index < -0.39 is 11.7 Å². The number of nitrogens with zero attached hydrogens (tertiary/aromatic N) is 1. The third kappa shape index (κ3) is 17.9. The van der Waals surface area contributed by atoms with Gasteiger partial charge in [0, 0.05) is 31.6 Å². The number of esters is 1. The standard InChI is InChI=1S/C32H50N2O10/c1-32(2,3)44-31(38)33-14-18-40-20-22-42-24-23-41-21-19-39-17-13-29(36)34-15-11-26(12-16-34)9-10-30(37)43-25-28(35)27-7-5-4-6-8-27/h4-8,26H,9-25H2,1-3H3,(H,33,38). The zero-order valence-electron chi connectivity index (χ0n) is 26.5. The van der Waals surface area contributed by atoms with E-state index in [4.69, 9.17) is 28.4 Å². The van der Waals surface area contributed by atoms with Gasteiger partial charge in [0.2, 0.25) is 5.91 Å². The molecule has 1 aromatic rings. The molecule has 1 heterocycles. The van der Waals surface area contributed by atoms with Crippen LogP contribution >= 0.6 is 0 Å². The third-order valence-electron chi connectivity index (χ3n) is 6.67. The van der Waals surface area contributed by atoms with Gasteiger partial charge in [-0.25, -0.2) is 4.79 Å². The lowest BCUT2D eigenvalue weighted by Crippen LogP contribution is -2.39. The van der Waals surface area contributed by atoms with Gasteiger partial charge in [0.15, 0.2) is 12.4 Å². The molecule has 0 radical (unpaired) electrons. The van der Waals surface area contributed by atoms with Crippen LogP contribution in [-0.4, -0.2) is 113 Å². The van der Waals surface area contributed by atoms with Gasteiger partial charge in [-0.3, -0.25) is 14.4 Å². The number of piperidine rings is 1. The highest BCUT2D eigenvalue weighted by Crippen LogP contribution is 2.22. The highest BCUT2D eigenvalue weighted by atomic mass is 16.6. The topological polar surface area (TPSA) is 139 Å². The molecular weight excluding hydrogens is 572 g/mol. The first-order valence-corrected chi connectivity index (χ1v) is 15.4. The molecule has 0 spiro atoms. The lowest BCUT2D eigenvalue weighted by atomic mass is 9.92. The molecule has 1 saturated heterocycles. The van der Waals surface area contributed by atoms with Crippen LogP contribution in [0.1, 0.15) is 63.2 Å². The molecule has 12 nitrogen and oxygen atoms in total. The predicted octanol–water partition coefficient (Wildman–Crippen LogP) is 3.41. The highest BCUT2D eigenvalue weighted by molar-refractivity contribution is 5.97. The monoisotopic (exact) mass is 622 g/mol. The zero-order valence-corrected chi connectivity index (χ0v) is 26.5. The van der Waals surface area contributed by atoms with Crippen LogP contribution in [0.4, 0.5) is 4.79 Å². The van der Waals surface area contributed by atoms with Crippen molar-refractivity contribution in [3.05, 3.63) is 35.9 Å². The summed E-state index contributed by atoms with van der Waals surface area (Å²) >= 11 is 0. The van der Waals surface area contributed by atoms with Crippen LogP contribution in [0.3, 0.4) is 0 Å². The molecule has 44 heavy (non-hydrogen) atoms. The van der Waals surface area contributed by atoms with Crippen molar-refractivity contribution in [3.8, 4) is 0 Å². The van der Waals surface area contributed by atoms with Crippen LogP contribution in [0, 0.1) is 5.92 Å². The van der Waals surface area contributed by atoms with Crippen molar-refractivity contribution in [2.45, 2.75) is 58.5 Å². The average Bonchev–Trinajstić information content (AvgIpc) is 3.00. The smallest absolute Gasteiger partial charge is 0.407 e. The summed E-state index contributed by atoms with van der Waals surface area (Å²) < 4.78 is 32.1. The molecule has 1 fully saturated rings. The summed E-state index contributed by atoms with van der Waals surface area (Å²) in [4.78, 5) is 50.0. The summed E-state index contributed by atoms with van der Waals surface area (Å²) in [5.74, 6) is -0.155. The van der Waals surface area contributed by atoms with Crippen LogP contribution in [-0.2, 0) is 38.0 Å². The molecule has 0 bridgehead atoms. The minimum absolute atomic E-state index is 0.0689. The van der Waals surface area contributed by atoms with Crippen molar-refractivity contribution >= 4 is 23.8 Å². The van der Waals surface area contributed by atoms with Gasteiger partial charge in [-0.2, -0.15) is 0 Å². The van der Waals surface area contributed by atoms with E-state index in [2.05, 4.69) is 5.32 Å².